The third kappa shape index (κ3) is 2.17. The van der Waals surface area contributed by atoms with Gasteiger partial charge in [-0.15, -0.1) is 0 Å². The lowest BCUT2D eigenvalue weighted by molar-refractivity contribution is -0.124. The molecule has 0 radical (unpaired) electrons. The molecule has 2 aliphatic heterocycles. The van der Waals surface area contributed by atoms with Crippen molar-refractivity contribution in [3.8, 4) is 6.07 Å². The van der Waals surface area contributed by atoms with Crippen LogP contribution in [0.2, 0.25) is 0 Å². The van der Waals surface area contributed by atoms with Crippen LogP contribution in [0, 0.1) is 11.3 Å². The Morgan fingerprint density at radius 3 is 2.53 bits per heavy atom. The van der Waals surface area contributed by atoms with Gasteiger partial charge in [0, 0.05) is 31.1 Å². The SMILES string of the molecule is CN1C(=O)[C@@]2(C(C#N)=C(N)OC3=C2C(=O)C[C@H](c2ccccc2)C3)c2ccccc21. The number of ether oxygens (including phenoxy) is 1. The first-order chi connectivity index (χ1) is 14.5. The van der Waals surface area contributed by atoms with Crippen LogP contribution in [0.25, 0.3) is 0 Å². The number of Topliss-reactive ketones (excluding diaryl/α,β-unsaturated/α-hetero) is 1. The van der Waals surface area contributed by atoms with Crippen LogP contribution >= 0.6 is 0 Å². The Morgan fingerprint density at radius 1 is 1.10 bits per heavy atom. The number of nitrogens with zero attached hydrogens (tertiary/aromatic N) is 2. The summed E-state index contributed by atoms with van der Waals surface area (Å²) in [6, 6.07) is 19.0. The van der Waals surface area contributed by atoms with Crippen LogP contribution in [0.5, 0.6) is 0 Å². The van der Waals surface area contributed by atoms with E-state index in [0.717, 1.165) is 5.56 Å². The third-order valence-corrected chi connectivity index (χ3v) is 6.33. The summed E-state index contributed by atoms with van der Waals surface area (Å²) in [6.07, 6.45) is 0.678. The average Bonchev–Trinajstić information content (AvgIpc) is 2.97. The molecule has 6 nitrogen and oxygen atoms in total. The van der Waals surface area contributed by atoms with E-state index in [4.69, 9.17) is 10.5 Å². The highest BCUT2D eigenvalue weighted by Gasteiger charge is 2.61. The quantitative estimate of drug-likeness (QED) is 0.798. The predicted octanol–water partition coefficient (Wildman–Crippen LogP) is 3.03. The molecule has 0 unspecified atom stereocenters. The fraction of sp³-hybridized carbons (Fsp3) is 0.208. The molecule has 0 fully saturated rings. The van der Waals surface area contributed by atoms with E-state index in [2.05, 4.69) is 6.07 Å². The first-order valence-corrected chi connectivity index (χ1v) is 9.77. The molecule has 2 heterocycles. The zero-order valence-corrected chi connectivity index (χ0v) is 16.4. The molecule has 2 N–H and O–H groups in total. The number of hydrogen-bond donors (Lipinski definition) is 1. The van der Waals surface area contributed by atoms with Crippen LogP contribution in [-0.2, 0) is 19.7 Å². The Hall–Kier alpha value is -3.85. The summed E-state index contributed by atoms with van der Waals surface area (Å²) in [7, 11) is 1.65. The van der Waals surface area contributed by atoms with Crippen molar-refractivity contribution in [2.75, 3.05) is 11.9 Å². The van der Waals surface area contributed by atoms with Crippen molar-refractivity contribution in [2.45, 2.75) is 24.2 Å². The Kier molecular flexibility index (Phi) is 3.84. The molecule has 3 aliphatic rings. The van der Waals surface area contributed by atoms with E-state index in [9.17, 15) is 14.9 Å². The monoisotopic (exact) mass is 397 g/mol. The van der Waals surface area contributed by atoms with Crippen LogP contribution in [0.15, 0.2) is 77.4 Å². The number of carbonyl (C=O) groups excluding carboxylic acids is 2. The molecule has 1 spiro atoms. The highest BCUT2D eigenvalue weighted by atomic mass is 16.5. The van der Waals surface area contributed by atoms with E-state index in [-0.39, 0.29) is 41.1 Å². The molecule has 2 aromatic carbocycles. The molecule has 1 amide bonds. The molecule has 148 valence electrons. The second kappa shape index (κ2) is 6.33. The number of likely N-dealkylation sites (N-methyl/N-ethyl adjacent to an activating group) is 1. The predicted molar refractivity (Wildman–Crippen MR) is 110 cm³/mol. The van der Waals surface area contributed by atoms with Gasteiger partial charge in [-0.3, -0.25) is 9.59 Å². The van der Waals surface area contributed by atoms with E-state index >= 15 is 0 Å². The number of allylic oxidation sites excluding steroid dienone is 1. The molecular weight excluding hydrogens is 378 g/mol. The van der Waals surface area contributed by atoms with Gasteiger partial charge in [0.25, 0.3) is 0 Å². The number of ketones is 1. The Labute approximate surface area is 173 Å². The number of carbonyl (C=O) groups is 2. The van der Waals surface area contributed by atoms with Crippen LogP contribution in [0.1, 0.15) is 29.9 Å². The minimum absolute atomic E-state index is 0.0189. The summed E-state index contributed by atoms with van der Waals surface area (Å²) in [5.74, 6) is -0.351. The summed E-state index contributed by atoms with van der Waals surface area (Å²) in [5, 5.41) is 9.95. The summed E-state index contributed by atoms with van der Waals surface area (Å²) in [5.41, 5.74) is 7.14. The molecule has 2 atom stereocenters. The maximum atomic E-state index is 13.6. The van der Waals surface area contributed by atoms with Crippen LogP contribution in [-0.4, -0.2) is 18.7 Å². The number of fused-ring (bicyclic) bond motifs is 3. The van der Waals surface area contributed by atoms with Crippen molar-refractivity contribution in [1.29, 1.82) is 5.26 Å². The maximum absolute atomic E-state index is 13.6. The standard InChI is InChI=1S/C24H19N3O3/c1-27-18-10-6-5-9-16(18)24(23(27)29)17(13-25)22(26)30-20-12-15(11-19(28)21(20)24)14-7-3-2-4-8-14/h2-10,15H,11-12,26H2,1H3/t15-,24+/m0/s1. The lowest BCUT2D eigenvalue weighted by atomic mass is 9.63. The van der Waals surface area contributed by atoms with Crippen LogP contribution in [0.4, 0.5) is 5.69 Å². The lowest BCUT2D eigenvalue weighted by Crippen LogP contribution is -2.48. The fourth-order valence-corrected chi connectivity index (χ4v) is 5.03. The smallest absolute Gasteiger partial charge is 0.247 e. The van der Waals surface area contributed by atoms with E-state index < -0.39 is 5.41 Å². The lowest BCUT2D eigenvalue weighted by Gasteiger charge is -2.39. The van der Waals surface area contributed by atoms with E-state index in [1.54, 1.807) is 19.2 Å². The topological polar surface area (TPSA) is 96.4 Å². The van der Waals surface area contributed by atoms with Gasteiger partial charge in [0.1, 0.15) is 22.8 Å². The molecule has 2 aromatic rings. The van der Waals surface area contributed by atoms with Crippen molar-refractivity contribution < 1.29 is 14.3 Å². The van der Waals surface area contributed by atoms with E-state index in [1.807, 2.05) is 42.5 Å². The van der Waals surface area contributed by atoms with Crippen molar-refractivity contribution in [1.82, 2.24) is 0 Å². The second-order valence-corrected chi connectivity index (χ2v) is 7.82. The number of anilines is 1. The van der Waals surface area contributed by atoms with Crippen molar-refractivity contribution >= 4 is 17.4 Å². The molecule has 30 heavy (non-hydrogen) atoms. The highest BCUT2D eigenvalue weighted by molar-refractivity contribution is 6.19. The van der Waals surface area contributed by atoms with E-state index in [0.29, 0.717) is 23.4 Å². The normalized spacial score (nSPS) is 25.2. The average molecular weight is 397 g/mol. The molecule has 1 aliphatic carbocycles. The zero-order valence-electron chi connectivity index (χ0n) is 16.4. The number of nitrogens with two attached hydrogens (primary N) is 1. The van der Waals surface area contributed by atoms with E-state index in [1.165, 1.54) is 4.90 Å². The third-order valence-electron chi connectivity index (χ3n) is 6.33. The number of amides is 1. The molecule has 0 aromatic heterocycles. The molecule has 0 bridgehead atoms. The minimum Gasteiger partial charge on any atom is -0.444 e. The molecule has 0 saturated carbocycles. The number of nitriles is 1. The van der Waals surface area contributed by atoms with Gasteiger partial charge in [0.05, 0.1) is 5.57 Å². The Balaban J connectivity index is 1.76. The van der Waals surface area contributed by atoms with Crippen LogP contribution < -0.4 is 10.6 Å². The molecule has 0 saturated heterocycles. The van der Waals surface area contributed by atoms with Crippen molar-refractivity contribution in [2.24, 2.45) is 5.73 Å². The first-order valence-electron chi connectivity index (χ1n) is 9.77. The van der Waals surface area contributed by atoms with Gasteiger partial charge in [0.2, 0.25) is 11.8 Å². The van der Waals surface area contributed by atoms with Gasteiger partial charge in [0.15, 0.2) is 5.78 Å². The highest BCUT2D eigenvalue weighted by Crippen LogP contribution is 2.56. The largest absolute Gasteiger partial charge is 0.444 e. The fourth-order valence-electron chi connectivity index (χ4n) is 5.03. The Bertz CT molecular complexity index is 1210. The summed E-state index contributed by atoms with van der Waals surface area (Å²) >= 11 is 0. The first kappa shape index (κ1) is 18.2. The summed E-state index contributed by atoms with van der Waals surface area (Å²) in [4.78, 5) is 28.7. The van der Waals surface area contributed by atoms with Gasteiger partial charge in [-0.2, -0.15) is 5.26 Å². The number of rotatable bonds is 1. The Morgan fingerprint density at radius 2 is 1.80 bits per heavy atom. The minimum atomic E-state index is -1.55. The van der Waals surface area contributed by atoms with Crippen molar-refractivity contribution in [3.63, 3.8) is 0 Å². The van der Waals surface area contributed by atoms with Gasteiger partial charge < -0.3 is 15.4 Å². The maximum Gasteiger partial charge on any atom is 0.247 e. The van der Waals surface area contributed by atoms with Crippen molar-refractivity contribution in [3.05, 3.63) is 88.5 Å². The van der Waals surface area contributed by atoms with Gasteiger partial charge in [-0.1, -0.05) is 48.5 Å². The number of hydrogen-bond acceptors (Lipinski definition) is 5. The molecule has 5 rings (SSSR count). The number of para-hydroxylation sites is 1. The summed E-state index contributed by atoms with van der Waals surface area (Å²) in [6.45, 7) is 0. The van der Waals surface area contributed by atoms with Gasteiger partial charge >= 0.3 is 0 Å². The van der Waals surface area contributed by atoms with Gasteiger partial charge in [-0.25, -0.2) is 0 Å². The molecule has 6 heteroatoms. The van der Waals surface area contributed by atoms with Crippen LogP contribution in [0.3, 0.4) is 0 Å². The second-order valence-electron chi connectivity index (χ2n) is 7.82. The summed E-state index contributed by atoms with van der Waals surface area (Å²) < 4.78 is 5.82. The zero-order chi connectivity index (χ0) is 21.0. The molecular formula is C24H19N3O3. The number of benzene rings is 2. The van der Waals surface area contributed by atoms with Gasteiger partial charge in [-0.05, 0) is 17.5 Å².